The number of carbonyl (C=O) groups is 1. The quantitative estimate of drug-likeness (QED) is 0.872. The Labute approximate surface area is 133 Å². The first-order chi connectivity index (χ1) is 10.7. The highest BCUT2D eigenvalue weighted by Crippen LogP contribution is 2.25. The number of benzene rings is 1. The first kappa shape index (κ1) is 15.1. The van der Waals surface area contributed by atoms with Crippen molar-refractivity contribution in [3.8, 4) is 0 Å². The van der Waals surface area contributed by atoms with Gasteiger partial charge in [-0.2, -0.15) is 0 Å². The van der Waals surface area contributed by atoms with Crippen molar-refractivity contribution in [1.82, 2.24) is 9.88 Å². The Morgan fingerprint density at radius 3 is 2.91 bits per heavy atom. The zero-order chi connectivity index (χ0) is 15.5. The number of oxazole rings is 1. The molecule has 0 aliphatic carbocycles. The molecule has 1 aliphatic heterocycles. The maximum atomic E-state index is 12.6. The van der Waals surface area contributed by atoms with Crippen LogP contribution in [0, 0.1) is 0 Å². The van der Waals surface area contributed by atoms with Gasteiger partial charge in [-0.25, -0.2) is 4.98 Å². The van der Waals surface area contributed by atoms with Crippen LogP contribution in [0.5, 0.6) is 0 Å². The standard InChI is InChI=1S/C16H17ClN2O3/c1-2-13-15(18-10-22-13)16(20)19-7-8-21-14(9-19)11-3-5-12(17)6-4-11/h3-6,10,14H,2,7-9H2,1H3/t14-/m0/s1. The highest BCUT2D eigenvalue weighted by Gasteiger charge is 2.28. The number of halogens is 1. The van der Waals surface area contributed by atoms with E-state index >= 15 is 0 Å². The third-order valence-electron chi connectivity index (χ3n) is 3.76. The number of morpholine rings is 1. The van der Waals surface area contributed by atoms with Gasteiger partial charge in [0.1, 0.15) is 11.9 Å². The Kier molecular flexibility index (Phi) is 4.45. The van der Waals surface area contributed by atoms with E-state index in [2.05, 4.69) is 4.98 Å². The Hall–Kier alpha value is -1.85. The Balaban J connectivity index is 1.75. The second-order valence-electron chi connectivity index (χ2n) is 5.14. The van der Waals surface area contributed by atoms with Crippen LogP contribution in [0.15, 0.2) is 35.1 Å². The summed E-state index contributed by atoms with van der Waals surface area (Å²) in [6, 6.07) is 7.50. The van der Waals surface area contributed by atoms with E-state index in [0.29, 0.717) is 42.6 Å². The van der Waals surface area contributed by atoms with E-state index < -0.39 is 0 Å². The van der Waals surface area contributed by atoms with E-state index in [-0.39, 0.29) is 12.0 Å². The molecule has 1 amide bonds. The predicted octanol–water partition coefficient (Wildman–Crippen LogP) is 3.10. The summed E-state index contributed by atoms with van der Waals surface area (Å²) in [4.78, 5) is 18.4. The minimum atomic E-state index is -0.146. The average Bonchev–Trinajstić information content (AvgIpc) is 3.03. The normalized spacial score (nSPS) is 18.5. The van der Waals surface area contributed by atoms with Crippen LogP contribution in [0.25, 0.3) is 0 Å². The number of ether oxygens (including phenoxy) is 1. The molecule has 116 valence electrons. The van der Waals surface area contributed by atoms with Gasteiger partial charge in [-0.05, 0) is 17.7 Å². The van der Waals surface area contributed by atoms with Crippen LogP contribution in [0.1, 0.15) is 34.8 Å². The summed E-state index contributed by atoms with van der Waals surface area (Å²) in [7, 11) is 0. The summed E-state index contributed by atoms with van der Waals surface area (Å²) in [5.41, 5.74) is 1.41. The number of hydrogen-bond acceptors (Lipinski definition) is 4. The second kappa shape index (κ2) is 6.50. The largest absolute Gasteiger partial charge is 0.448 e. The molecule has 1 fully saturated rings. The molecule has 0 radical (unpaired) electrons. The highest BCUT2D eigenvalue weighted by atomic mass is 35.5. The molecule has 1 aromatic carbocycles. The smallest absolute Gasteiger partial charge is 0.276 e. The van der Waals surface area contributed by atoms with Gasteiger partial charge in [0.2, 0.25) is 0 Å². The molecule has 0 saturated carbocycles. The lowest BCUT2D eigenvalue weighted by molar-refractivity contribution is -0.0230. The number of rotatable bonds is 3. The SMILES string of the molecule is CCc1ocnc1C(=O)N1CCO[C@H](c2ccc(Cl)cc2)C1. The van der Waals surface area contributed by atoms with E-state index in [4.69, 9.17) is 20.8 Å². The van der Waals surface area contributed by atoms with Crippen LogP contribution in [-0.4, -0.2) is 35.5 Å². The van der Waals surface area contributed by atoms with Gasteiger partial charge in [0.25, 0.3) is 5.91 Å². The van der Waals surface area contributed by atoms with Crippen molar-refractivity contribution in [3.05, 3.63) is 52.7 Å². The third kappa shape index (κ3) is 3.00. The molecular weight excluding hydrogens is 304 g/mol. The van der Waals surface area contributed by atoms with Crippen molar-refractivity contribution < 1.29 is 13.9 Å². The Morgan fingerprint density at radius 1 is 1.41 bits per heavy atom. The van der Waals surface area contributed by atoms with Crippen molar-refractivity contribution in [2.24, 2.45) is 0 Å². The fourth-order valence-electron chi connectivity index (χ4n) is 2.56. The van der Waals surface area contributed by atoms with Gasteiger partial charge in [-0.15, -0.1) is 0 Å². The monoisotopic (exact) mass is 320 g/mol. The van der Waals surface area contributed by atoms with E-state index in [0.717, 1.165) is 5.56 Å². The van der Waals surface area contributed by atoms with Gasteiger partial charge >= 0.3 is 0 Å². The van der Waals surface area contributed by atoms with Crippen LogP contribution in [0.4, 0.5) is 0 Å². The number of nitrogens with zero attached hydrogens (tertiary/aromatic N) is 2. The number of aromatic nitrogens is 1. The number of amides is 1. The van der Waals surface area contributed by atoms with Crippen LogP contribution in [-0.2, 0) is 11.2 Å². The maximum Gasteiger partial charge on any atom is 0.276 e. The molecule has 22 heavy (non-hydrogen) atoms. The highest BCUT2D eigenvalue weighted by molar-refractivity contribution is 6.30. The first-order valence-electron chi connectivity index (χ1n) is 7.27. The number of carbonyl (C=O) groups excluding carboxylic acids is 1. The maximum absolute atomic E-state index is 12.6. The zero-order valence-corrected chi connectivity index (χ0v) is 13.0. The Bertz CT molecular complexity index is 654. The molecule has 5 nitrogen and oxygen atoms in total. The van der Waals surface area contributed by atoms with Crippen molar-refractivity contribution in [2.45, 2.75) is 19.4 Å². The minimum absolute atomic E-state index is 0.104. The molecule has 1 aliphatic rings. The third-order valence-corrected chi connectivity index (χ3v) is 4.01. The summed E-state index contributed by atoms with van der Waals surface area (Å²) in [5.74, 6) is 0.521. The van der Waals surface area contributed by atoms with Gasteiger partial charge in [0.05, 0.1) is 13.2 Å². The van der Waals surface area contributed by atoms with Crippen molar-refractivity contribution in [1.29, 1.82) is 0 Å². The van der Waals surface area contributed by atoms with Gasteiger partial charge in [-0.3, -0.25) is 4.79 Å². The van der Waals surface area contributed by atoms with Crippen molar-refractivity contribution >= 4 is 17.5 Å². The van der Waals surface area contributed by atoms with Gasteiger partial charge in [0, 0.05) is 18.0 Å². The molecule has 0 N–H and O–H groups in total. The lowest BCUT2D eigenvalue weighted by Gasteiger charge is -2.33. The summed E-state index contributed by atoms with van der Waals surface area (Å²) in [6.07, 6.45) is 1.82. The first-order valence-corrected chi connectivity index (χ1v) is 7.65. The molecule has 1 aromatic heterocycles. The summed E-state index contributed by atoms with van der Waals surface area (Å²) in [6.45, 7) is 3.49. The van der Waals surface area contributed by atoms with Crippen molar-refractivity contribution in [2.75, 3.05) is 19.7 Å². The zero-order valence-electron chi connectivity index (χ0n) is 12.3. The molecule has 1 saturated heterocycles. The van der Waals surface area contributed by atoms with Crippen LogP contribution in [0.2, 0.25) is 5.02 Å². The molecular formula is C16H17ClN2O3. The van der Waals surface area contributed by atoms with Gasteiger partial charge in [0.15, 0.2) is 12.1 Å². The van der Waals surface area contributed by atoms with Gasteiger partial charge in [-0.1, -0.05) is 30.7 Å². The average molecular weight is 321 g/mol. The predicted molar refractivity (Wildman–Crippen MR) is 81.9 cm³/mol. The molecule has 0 bridgehead atoms. The minimum Gasteiger partial charge on any atom is -0.448 e. The summed E-state index contributed by atoms with van der Waals surface area (Å²) >= 11 is 5.91. The fraction of sp³-hybridized carbons (Fsp3) is 0.375. The van der Waals surface area contributed by atoms with E-state index in [1.165, 1.54) is 6.39 Å². The topological polar surface area (TPSA) is 55.6 Å². The molecule has 3 rings (SSSR count). The van der Waals surface area contributed by atoms with Crippen LogP contribution < -0.4 is 0 Å². The Morgan fingerprint density at radius 2 is 2.18 bits per heavy atom. The molecule has 1 atom stereocenters. The summed E-state index contributed by atoms with van der Waals surface area (Å²) in [5, 5.41) is 0.683. The molecule has 0 spiro atoms. The van der Waals surface area contributed by atoms with E-state index in [1.807, 2.05) is 31.2 Å². The molecule has 0 unspecified atom stereocenters. The van der Waals surface area contributed by atoms with Crippen molar-refractivity contribution in [3.63, 3.8) is 0 Å². The number of aryl methyl sites for hydroxylation is 1. The molecule has 2 heterocycles. The van der Waals surface area contributed by atoms with E-state index in [9.17, 15) is 4.79 Å². The lowest BCUT2D eigenvalue weighted by atomic mass is 10.1. The summed E-state index contributed by atoms with van der Waals surface area (Å²) < 4.78 is 11.0. The van der Waals surface area contributed by atoms with Crippen LogP contribution >= 0.6 is 11.6 Å². The fourth-order valence-corrected chi connectivity index (χ4v) is 2.68. The van der Waals surface area contributed by atoms with E-state index in [1.54, 1.807) is 4.90 Å². The van der Waals surface area contributed by atoms with Gasteiger partial charge < -0.3 is 14.1 Å². The molecule has 2 aromatic rings. The van der Waals surface area contributed by atoms with Crippen LogP contribution in [0.3, 0.4) is 0 Å². The lowest BCUT2D eigenvalue weighted by Crippen LogP contribution is -2.42. The molecule has 6 heteroatoms. The second-order valence-corrected chi connectivity index (χ2v) is 5.58. The number of hydrogen-bond donors (Lipinski definition) is 0.